The molecule has 0 radical (unpaired) electrons. The first-order valence-corrected chi connectivity index (χ1v) is 7.05. The standard InChI is InChI=1S/C16H15FN4O2/c1-10-3-6-15-14(7-10)19-16(20(15)2)9-18-13-5-4-11(21(22)23)8-12(13)17/h3-8,18H,9H2,1-2H3. The second kappa shape index (κ2) is 5.68. The largest absolute Gasteiger partial charge is 0.375 e. The van der Waals surface area contributed by atoms with Crippen molar-refractivity contribution >= 4 is 22.4 Å². The van der Waals surface area contributed by atoms with Crippen molar-refractivity contribution in [1.29, 1.82) is 0 Å². The smallest absolute Gasteiger partial charge is 0.272 e. The summed E-state index contributed by atoms with van der Waals surface area (Å²) in [7, 11) is 1.90. The molecular formula is C16H15FN4O2. The van der Waals surface area contributed by atoms with Gasteiger partial charge in [0.2, 0.25) is 0 Å². The third kappa shape index (κ3) is 2.85. The molecule has 1 N–H and O–H groups in total. The first-order valence-electron chi connectivity index (χ1n) is 7.05. The predicted molar refractivity (Wildman–Crippen MR) is 85.8 cm³/mol. The average molecular weight is 314 g/mol. The summed E-state index contributed by atoms with van der Waals surface area (Å²) in [5, 5.41) is 13.6. The van der Waals surface area contributed by atoms with Gasteiger partial charge in [0.15, 0.2) is 5.82 Å². The van der Waals surface area contributed by atoms with Crippen LogP contribution in [0.5, 0.6) is 0 Å². The zero-order valence-corrected chi connectivity index (χ0v) is 12.7. The highest BCUT2D eigenvalue weighted by Crippen LogP contribution is 2.22. The average Bonchev–Trinajstić information content (AvgIpc) is 2.81. The Morgan fingerprint density at radius 1 is 1.30 bits per heavy atom. The van der Waals surface area contributed by atoms with Gasteiger partial charge in [-0.15, -0.1) is 0 Å². The molecule has 1 aromatic heterocycles. The lowest BCUT2D eigenvalue weighted by atomic mass is 10.2. The molecule has 118 valence electrons. The number of hydrogen-bond acceptors (Lipinski definition) is 4. The van der Waals surface area contributed by atoms with Gasteiger partial charge >= 0.3 is 0 Å². The number of anilines is 1. The van der Waals surface area contributed by atoms with Crippen molar-refractivity contribution in [2.45, 2.75) is 13.5 Å². The molecule has 0 spiro atoms. The molecule has 0 atom stereocenters. The van der Waals surface area contributed by atoms with E-state index in [9.17, 15) is 14.5 Å². The zero-order chi connectivity index (χ0) is 16.6. The van der Waals surface area contributed by atoms with Gasteiger partial charge in [0.05, 0.1) is 34.3 Å². The Hall–Kier alpha value is -2.96. The molecule has 0 amide bonds. The van der Waals surface area contributed by atoms with Crippen molar-refractivity contribution in [3.8, 4) is 0 Å². The highest BCUT2D eigenvalue weighted by molar-refractivity contribution is 5.76. The fraction of sp³-hybridized carbons (Fsp3) is 0.188. The van der Waals surface area contributed by atoms with E-state index >= 15 is 0 Å². The minimum absolute atomic E-state index is 0.207. The summed E-state index contributed by atoms with van der Waals surface area (Å²) < 4.78 is 15.8. The minimum Gasteiger partial charge on any atom is -0.375 e. The van der Waals surface area contributed by atoms with Crippen molar-refractivity contribution in [2.24, 2.45) is 7.05 Å². The van der Waals surface area contributed by atoms with Crippen LogP contribution in [0.2, 0.25) is 0 Å². The SMILES string of the molecule is Cc1ccc2c(c1)nc(CNc1ccc([N+](=O)[O-])cc1F)n2C. The van der Waals surface area contributed by atoms with Gasteiger partial charge in [0.1, 0.15) is 5.82 Å². The molecule has 0 saturated heterocycles. The Morgan fingerprint density at radius 2 is 2.09 bits per heavy atom. The van der Waals surface area contributed by atoms with Gasteiger partial charge in [-0.2, -0.15) is 0 Å². The topological polar surface area (TPSA) is 73.0 Å². The number of fused-ring (bicyclic) bond motifs is 1. The van der Waals surface area contributed by atoms with E-state index in [1.165, 1.54) is 12.1 Å². The number of aromatic nitrogens is 2. The molecule has 3 rings (SSSR count). The summed E-state index contributed by atoms with van der Waals surface area (Å²) in [6, 6.07) is 9.53. The number of benzene rings is 2. The number of aryl methyl sites for hydroxylation is 2. The lowest BCUT2D eigenvalue weighted by Crippen LogP contribution is -2.07. The Morgan fingerprint density at radius 3 is 2.78 bits per heavy atom. The van der Waals surface area contributed by atoms with Gasteiger partial charge in [-0.25, -0.2) is 9.37 Å². The number of hydrogen-bond donors (Lipinski definition) is 1. The van der Waals surface area contributed by atoms with E-state index in [0.717, 1.165) is 28.5 Å². The number of nitrogens with zero attached hydrogens (tertiary/aromatic N) is 3. The minimum atomic E-state index is -0.659. The number of halogens is 1. The number of nitro benzene ring substituents is 1. The Bertz CT molecular complexity index is 904. The molecule has 0 unspecified atom stereocenters. The van der Waals surface area contributed by atoms with E-state index in [-0.39, 0.29) is 11.4 Å². The summed E-state index contributed by atoms with van der Waals surface area (Å²) in [5.74, 6) is 0.0946. The van der Waals surface area contributed by atoms with Gasteiger partial charge in [0.25, 0.3) is 5.69 Å². The third-order valence-electron chi connectivity index (χ3n) is 3.73. The van der Waals surface area contributed by atoms with E-state index < -0.39 is 10.7 Å². The Kier molecular flexibility index (Phi) is 3.69. The monoisotopic (exact) mass is 314 g/mol. The normalized spacial score (nSPS) is 10.9. The number of rotatable bonds is 4. The highest BCUT2D eigenvalue weighted by Gasteiger charge is 2.12. The Labute approximate surface area is 131 Å². The maximum absolute atomic E-state index is 13.9. The van der Waals surface area contributed by atoms with Crippen LogP contribution in [0.3, 0.4) is 0 Å². The van der Waals surface area contributed by atoms with Crippen LogP contribution in [0.1, 0.15) is 11.4 Å². The molecule has 0 saturated carbocycles. The number of nitro groups is 1. The fourth-order valence-electron chi connectivity index (χ4n) is 2.45. The number of imidazole rings is 1. The third-order valence-corrected chi connectivity index (χ3v) is 3.73. The van der Waals surface area contributed by atoms with E-state index in [1.54, 1.807) is 0 Å². The van der Waals surface area contributed by atoms with Crippen LogP contribution >= 0.6 is 0 Å². The molecule has 7 heteroatoms. The fourth-order valence-corrected chi connectivity index (χ4v) is 2.45. The van der Waals surface area contributed by atoms with Crippen LogP contribution in [-0.4, -0.2) is 14.5 Å². The lowest BCUT2D eigenvalue weighted by molar-refractivity contribution is -0.385. The van der Waals surface area contributed by atoms with Gasteiger partial charge in [-0.05, 0) is 30.7 Å². The molecule has 0 bridgehead atoms. The predicted octanol–water partition coefficient (Wildman–Crippen LogP) is 3.54. The molecular weight excluding hydrogens is 299 g/mol. The van der Waals surface area contributed by atoms with Gasteiger partial charge in [0, 0.05) is 13.1 Å². The van der Waals surface area contributed by atoms with Crippen molar-refractivity contribution in [3.05, 3.63) is 63.7 Å². The molecule has 0 aliphatic carbocycles. The molecule has 1 heterocycles. The molecule has 0 aliphatic heterocycles. The Balaban J connectivity index is 1.83. The quantitative estimate of drug-likeness (QED) is 0.590. The van der Waals surface area contributed by atoms with Crippen LogP contribution in [-0.2, 0) is 13.6 Å². The van der Waals surface area contributed by atoms with Crippen molar-refractivity contribution < 1.29 is 9.31 Å². The second-order valence-electron chi connectivity index (χ2n) is 5.35. The maximum Gasteiger partial charge on any atom is 0.272 e. The molecule has 0 aliphatic rings. The highest BCUT2D eigenvalue weighted by atomic mass is 19.1. The lowest BCUT2D eigenvalue weighted by Gasteiger charge is -2.07. The van der Waals surface area contributed by atoms with Crippen molar-refractivity contribution in [3.63, 3.8) is 0 Å². The molecule has 0 fully saturated rings. The van der Waals surface area contributed by atoms with E-state index in [2.05, 4.69) is 10.3 Å². The molecule has 2 aromatic carbocycles. The summed E-state index contributed by atoms with van der Waals surface area (Å²) in [6.07, 6.45) is 0. The zero-order valence-electron chi connectivity index (χ0n) is 12.7. The van der Waals surface area contributed by atoms with Gasteiger partial charge < -0.3 is 9.88 Å². The van der Waals surface area contributed by atoms with Gasteiger partial charge in [-0.3, -0.25) is 10.1 Å². The van der Waals surface area contributed by atoms with Crippen LogP contribution in [0.25, 0.3) is 11.0 Å². The van der Waals surface area contributed by atoms with Crippen LogP contribution < -0.4 is 5.32 Å². The molecule has 23 heavy (non-hydrogen) atoms. The summed E-state index contributed by atoms with van der Waals surface area (Å²) >= 11 is 0. The molecule has 6 nitrogen and oxygen atoms in total. The summed E-state index contributed by atoms with van der Waals surface area (Å²) in [4.78, 5) is 14.5. The van der Waals surface area contributed by atoms with Gasteiger partial charge in [-0.1, -0.05) is 6.07 Å². The summed E-state index contributed by atoms with van der Waals surface area (Å²) in [5.41, 5.74) is 2.94. The number of nitrogens with one attached hydrogen (secondary N) is 1. The second-order valence-corrected chi connectivity index (χ2v) is 5.35. The van der Waals surface area contributed by atoms with E-state index in [4.69, 9.17) is 0 Å². The number of non-ortho nitro benzene ring substituents is 1. The van der Waals surface area contributed by atoms with Crippen molar-refractivity contribution in [1.82, 2.24) is 9.55 Å². The van der Waals surface area contributed by atoms with Crippen LogP contribution in [0.15, 0.2) is 36.4 Å². The van der Waals surface area contributed by atoms with Crippen LogP contribution in [0.4, 0.5) is 15.8 Å². The molecule has 3 aromatic rings. The maximum atomic E-state index is 13.9. The van der Waals surface area contributed by atoms with E-state index in [1.807, 2.05) is 36.7 Å². The summed E-state index contributed by atoms with van der Waals surface area (Å²) in [6.45, 7) is 2.32. The van der Waals surface area contributed by atoms with Crippen LogP contribution in [0, 0.1) is 22.9 Å². The first-order chi connectivity index (χ1) is 11.0. The first kappa shape index (κ1) is 15.0. The van der Waals surface area contributed by atoms with Crippen molar-refractivity contribution in [2.75, 3.05) is 5.32 Å². The van der Waals surface area contributed by atoms with E-state index in [0.29, 0.717) is 6.54 Å².